The summed E-state index contributed by atoms with van der Waals surface area (Å²) in [6, 6.07) is 5.34. The number of carbonyl (C=O) groups excluding carboxylic acids is 1. The highest BCUT2D eigenvalue weighted by molar-refractivity contribution is 5.67. The number of rotatable bonds is 6. The maximum Gasteiger partial charge on any atom is 0.573 e. The molecule has 1 amide bonds. The number of halogens is 3. The maximum atomic E-state index is 12.3. The fourth-order valence-electron chi connectivity index (χ4n) is 3.48. The Kier molecular flexibility index (Phi) is 7.35. The van der Waals surface area contributed by atoms with Crippen molar-refractivity contribution in [2.45, 2.75) is 51.7 Å². The van der Waals surface area contributed by atoms with Crippen LogP contribution in [0, 0.1) is 5.92 Å². The summed E-state index contributed by atoms with van der Waals surface area (Å²) in [4.78, 5) is 18.0. The molecule has 33 heavy (non-hydrogen) atoms. The van der Waals surface area contributed by atoms with E-state index in [4.69, 9.17) is 4.74 Å². The lowest BCUT2D eigenvalue weighted by atomic mass is 9.91. The molecule has 1 aliphatic rings. The van der Waals surface area contributed by atoms with Crippen molar-refractivity contribution in [1.82, 2.24) is 20.1 Å². The average Bonchev–Trinajstić information content (AvgIpc) is 3.20. The van der Waals surface area contributed by atoms with Gasteiger partial charge in [0.2, 0.25) is 5.95 Å². The Balaban J connectivity index is 1.49. The molecule has 2 N–H and O–H groups in total. The van der Waals surface area contributed by atoms with Crippen LogP contribution in [0.25, 0.3) is 5.69 Å². The molecule has 182 valence electrons. The summed E-state index contributed by atoms with van der Waals surface area (Å²) in [5, 5.41) is 17.4. The first-order chi connectivity index (χ1) is 15.4. The van der Waals surface area contributed by atoms with E-state index in [0.29, 0.717) is 37.6 Å². The van der Waals surface area contributed by atoms with Crippen molar-refractivity contribution < 1.29 is 32.5 Å². The Labute approximate surface area is 189 Å². The third-order valence-corrected chi connectivity index (χ3v) is 5.04. The molecular weight excluding hydrogens is 443 g/mol. The van der Waals surface area contributed by atoms with Crippen molar-refractivity contribution in [3.05, 3.63) is 30.6 Å². The van der Waals surface area contributed by atoms with Gasteiger partial charge in [0, 0.05) is 19.6 Å². The van der Waals surface area contributed by atoms with E-state index in [1.807, 2.05) is 4.90 Å². The SMILES string of the molecule is CC(C)(C)OC(=O)NCC(O)C1CCN(c2ncn(-c3ccc(OC(F)(F)F)cc3)n2)CC1. The van der Waals surface area contributed by atoms with Crippen LogP contribution in [-0.2, 0) is 4.74 Å². The van der Waals surface area contributed by atoms with E-state index in [-0.39, 0.29) is 18.2 Å². The standard InChI is InChI=1S/C21H28F3N5O4/c1-20(2,3)33-19(31)25-12-17(30)14-8-10-28(11-9-14)18-26-13-29(27-18)15-4-6-16(7-5-15)32-21(22,23)24/h4-7,13-14,17,30H,8-12H2,1-3H3,(H,25,31). The Morgan fingerprint density at radius 3 is 2.42 bits per heavy atom. The van der Waals surface area contributed by atoms with Crippen molar-refractivity contribution in [2.75, 3.05) is 24.5 Å². The maximum absolute atomic E-state index is 12.3. The highest BCUT2D eigenvalue weighted by Crippen LogP contribution is 2.25. The van der Waals surface area contributed by atoms with Crippen molar-refractivity contribution in [3.8, 4) is 11.4 Å². The smallest absolute Gasteiger partial charge is 0.444 e. The van der Waals surface area contributed by atoms with Gasteiger partial charge in [0.25, 0.3) is 0 Å². The summed E-state index contributed by atoms with van der Waals surface area (Å²) in [5.74, 6) is 0.193. The number of aliphatic hydroxyl groups excluding tert-OH is 1. The Morgan fingerprint density at radius 1 is 1.21 bits per heavy atom. The number of aromatic nitrogens is 3. The molecule has 0 saturated carbocycles. The van der Waals surface area contributed by atoms with Gasteiger partial charge < -0.3 is 24.8 Å². The number of hydrogen-bond acceptors (Lipinski definition) is 7. The number of anilines is 1. The van der Waals surface area contributed by atoms with Crippen LogP contribution < -0.4 is 15.0 Å². The first kappa shape index (κ1) is 24.6. The van der Waals surface area contributed by atoms with Gasteiger partial charge in [-0.3, -0.25) is 0 Å². The van der Waals surface area contributed by atoms with Crippen LogP contribution in [0.3, 0.4) is 0 Å². The lowest BCUT2D eigenvalue weighted by Crippen LogP contribution is -2.43. The Bertz CT molecular complexity index is 919. The zero-order valence-electron chi connectivity index (χ0n) is 18.7. The van der Waals surface area contributed by atoms with Crippen LogP contribution in [0.2, 0.25) is 0 Å². The predicted octanol–water partition coefficient (Wildman–Crippen LogP) is 3.27. The van der Waals surface area contributed by atoms with Gasteiger partial charge in [0.05, 0.1) is 11.8 Å². The van der Waals surface area contributed by atoms with E-state index in [9.17, 15) is 23.1 Å². The first-order valence-corrected chi connectivity index (χ1v) is 10.6. The molecule has 1 fully saturated rings. The van der Waals surface area contributed by atoms with Gasteiger partial charge in [0.15, 0.2) is 0 Å². The molecule has 0 spiro atoms. The molecule has 9 nitrogen and oxygen atoms in total. The molecule has 1 unspecified atom stereocenters. The van der Waals surface area contributed by atoms with Crippen molar-refractivity contribution in [2.24, 2.45) is 5.92 Å². The number of piperidine rings is 1. The van der Waals surface area contributed by atoms with Crippen molar-refractivity contribution in [1.29, 1.82) is 0 Å². The highest BCUT2D eigenvalue weighted by atomic mass is 19.4. The number of ether oxygens (including phenoxy) is 2. The molecule has 2 heterocycles. The van der Waals surface area contributed by atoms with Crippen LogP contribution in [0.15, 0.2) is 30.6 Å². The van der Waals surface area contributed by atoms with Gasteiger partial charge in [-0.15, -0.1) is 18.3 Å². The van der Waals surface area contributed by atoms with Gasteiger partial charge in [0.1, 0.15) is 17.7 Å². The Morgan fingerprint density at radius 2 is 1.85 bits per heavy atom. The molecule has 1 atom stereocenters. The zero-order valence-corrected chi connectivity index (χ0v) is 18.7. The molecule has 12 heteroatoms. The number of benzene rings is 1. The van der Waals surface area contributed by atoms with Gasteiger partial charge in [-0.2, -0.15) is 4.98 Å². The molecule has 3 rings (SSSR count). The molecule has 0 aliphatic carbocycles. The molecule has 2 aromatic rings. The number of nitrogens with zero attached hydrogens (tertiary/aromatic N) is 4. The minimum atomic E-state index is -4.74. The second-order valence-electron chi connectivity index (χ2n) is 8.81. The van der Waals surface area contributed by atoms with Gasteiger partial charge >= 0.3 is 12.5 Å². The van der Waals surface area contributed by atoms with Crippen LogP contribution in [-0.4, -0.2) is 63.7 Å². The number of carbonyl (C=O) groups is 1. The number of alkyl halides is 3. The number of amides is 1. The van der Waals surface area contributed by atoms with Crippen molar-refractivity contribution in [3.63, 3.8) is 0 Å². The summed E-state index contributed by atoms with van der Waals surface area (Å²) in [5.41, 5.74) is -0.0582. The second kappa shape index (κ2) is 9.86. The fraction of sp³-hybridized carbons (Fsp3) is 0.571. The van der Waals surface area contributed by atoms with E-state index in [1.165, 1.54) is 35.3 Å². The first-order valence-electron chi connectivity index (χ1n) is 10.6. The van der Waals surface area contributed by atoms with E-state index >= 15 is 0 Å². The minimum absolute atomic E-state index is 0.0134. The molecule has 0 radical (unpaired) electrons. The van der Waals surface area contributed by atoms with Crippen LogP contribution in [0.4, 0.5) is 23.9 Å². The van der Waals surface area contributed by atoms with Crippen LogP contribution >= 0.6 is 0 Å². The van der Waals surface area contributed by atoms with Crippen LogP contribution in [0.1, 0.15) is 33.6 Å². The zero-order chi connectivity index (χ0) is 24.2. The quantitative estimate of drug-likeness (QED) is 0.667. The van der Waals surface area contributed by atoms with E-state index in [1.54, 1.807) is 20.8 Å². The summed E-state index contributed by atoms with van der Waals surface area (Å²) in [7, 11) is 0. The molecule has 1 aromatic heterocycles. The number of nitrogens with one attached hydrogen (secondary N) is 1. The number of alkyl carbamates (subject to hydrolysis) is 1. The molecule has 1 saturated heterocycles. The molecule has 1 aliphatic heterocycles. The van der Waals surface area contributed by atoms with Gasteiger partial charge in [-0.25, -0.2) is 9.48 Å². The topological polar surface area (TPSA) is 102 Å². The summed E-state index contributed by atoms with van der Waals surface area (Å²) >= 11 is 0. The van der Waals surface area contributed by atoms with Crippen LogP contribution in [0.5, 0.6) is 5.75 Å². The lowest BCUT2D eigenvalue weighted by molar-refractivity contribution is -0.274. The summed E-state index contributed by atoms with van der Waals surface area (Å²) in [6.07, 6.45) is -3.13. The fourth-order valence-corrected chi connectivity index (χ4v) is 3.48. The second-order valence-corrected chi connectivity index (χ2v) is 8.81. The minimum Gasteiger partial charge on any atom is -0.444 e. The molecular formula is C21H28F3N5O4. The predicted molar refractivity (Wildman–Crippen MR) is 113 cm³/mol. The van der Waals surface area contributed by atoms with E-state index in [0.717, 1.165) is 0 Å². The monoisotopic (exact) mass is 471 g/mol. The summed E-state index contributed by atoms with van der Waals surface area (Å²) in [6.45, 7) is 6.66. The van der Waals surface area contributed by atoms with Gasteiger partial charge in [-0.05, 0) is 63.8 Å². The third kappa shape index (κ3) is 7.52. The molecule has 1 aromatic carbocycles. The third-order valence-electron chi connectivity index (χ3n) is 5.04. The number of hydrogen-bond donors (Lipinski definition) is 2. The van der Waals surface area contributed by atoms with Crippen molar-refractivity contribution >= 4 is 12.0 Å². The summed E-state index contributed by atoms with van der Waals surface area (Å²) < 4.78 is 47.4. The average molecular weight is 471 g/mol. The normalized spacial score (nSPS) is 16.4. The highest BCUT2D eigenvalue weighted by Gasteiger charge is 2.31. The van der Waals surface area contributed by atoms with E-state index < -0.39 is 24.2 Å². The molecule has 0 bridgehead atoms. The largest absolute Gasteiger partial charge is 0.573 e. The number of aliphatic hydroxyl groups is 1. The van der Waals surface area contributed by atoms with E-state index in [2.05, 4.69) is 20.1 Å². The van der Waals surface area contributed by atoms with Gasteiger partial charge in [-0.1, -0.05) is 0 Å². The lowest BCUT2D eigenvalue weighted by Gasteiger charge is -2.33. The Hall–Kier alpha value is -3.02.